The third kappa shape index (κ3) is 1.92. The zero-order valence-electron chi connectivity index (χ0n) is 9.68. The lowest BCUT2D eigenvalue weighted by Gasteiger charge is -2.29. The van der Waals surface area contributed by atoms with Crippen LogP contribution in [0.2, 0.25) is 0 Å². The predicted octanol–water partition coefficient (Wildman–Crippen LogP) is 2.47. The van der Waals surface area contributed by atoms with E-state index in [1.807, 2.05) is 13.8 Å². The number of carbonyl (C=O) groups is 1. The van der Waals surface area contributed by atoms with Gasteiger partial charge in [-0.3, -0.25) is 4.79 Å². The summed E-state index contributed by atoms with van der Waals surface area (Å²) in [5.74, 6) is 0.809. The van der Waals surface area contributed by atoms with Gasteiger partial charge in [0.25, 0.3) is 5.91 Å². The minimum atomic E-state index is -0.331. The van der Waals surface area contributed by atoms with Crippen molar-refractivity contribution in [2.75, 3.05) is 0 Å². The van der Waals surface area contributed by atoms with Gasteiger partial charge in [-0.2, -0.15) is 5.10 Å². The first-order valence-electron chi connectivity index (χ1n) is 5.98. The fourth-order valence-electron chi connectivity index (χ4n) is 2.75. The smallest absolute Gasteiger partial charge is 0.251 e. The van der Waals surface area contributed by atoms with Crippen LogP contribution in [0.4, 0.5) is 0 Å². The fraction of sp³-hybridized carbons (Fsp3) is 0.833. The van der Waals surface area contributed by atoms with Gasteiger partial charge >= 0.3 is 0 Å². The van der Waals surface area contributed by atoms with Crippen LogP contribution in [0.5, 0.6) is 0 Å². The molecule has 1 fully saturated rings. The summed E-state index contributed by atoms with van der Waals surface area (Å²) in [6.45, 7) is 3.99. The van der Waals surface area contributed by atoms with E-state index in [1.165, 1.54) is 32.1 Å². The van der Waals surface area contributed by atoms with E-state index in [0.29, 0.717) is 0 Å². The van der Waals surface area contributed by atoms with Gasteiger partial charge in [-0.1, -0.05) is 32.1 Å². The van der Waals surface area contributed by atoms with Crippen LogP contribution >= 0.6 is 0 Å². The molecule has 0 radical (unpaired) electrons. The first kappa shape index (κ1) is 10.7. The second-order valence-electron chi connectivity index (χ2n) is 5.18. The Bertz CT molecular complexity index is 292. The summed E-state index contributed by atoms with van der Waals surface area (Å²) in [6.07, 6.45) is 7.59. The Morgan fingerprint density at radius 3 is 2.60 bits per heavy atom. The first-order valence-corrected chi connectivity index (χ1v) is 5.98. The lowest BCUT2D eigenvalue weighted by atomic mass is 9.73. The Morgan fingerprint density at radius 1 is 1.40 bits per heavy atom. The average molecular weight is 208 g/mol. The van der Waals surface area contributed by atoms with Gasteiger partial charge in [0.05, 0.1) is 11.1 Å². The molecule has 2 rings (SSSR count). The summed E-state index contributed by atoms with van der Waals surface area (Å²) < 4.78 is 0. The maximum absolute atomic E-state index is 11.8. The van der Waals surface area contributed by atoms with Crippen LogP contribution in [0.1, 0.15) is 52.4 Å². The summed E-state index contributed by atoms with van der Waals surface area (Å²) in [7, 11) is 0. The number of hydrazone groups is 1. The molecule has 0 saturated heterocycles. The molecule has 3 nitrogen and oxygen atoms in total. The number of hydrogen-bond donors (Lipinski definition) is 1. The van der Waals surface area contributed by atoms with E-state index < -0.39 is 0 Å². The highest BCUT2D eigenvalue weighted by Gasteiger charge is 2.42. The lowest BCUT2D eigenvalue weighted by Crippen LogP contribution is -2.36. The van der Waals surface area contributed by atoms with Gasteiger partial charge in [-0.25, -0.2) is 5.43 Å². The van der Waals surface area contributed by atoms with Crippen LogP contribution in [0.3, 0.4) is 0 Å². The van der Waals surface area contributed by atoms with Crippen molar-refractivity contribution in [3.8, 4) is 0 Å². The van der Waals surface area contributed by atoms with E-state index in [-0.39, 0.29) is 11.3 Å². The van der Waals surface area contributed by atoms with E-state index in [0.717, 1.165) is 18.1 Å². The largest absolute Gasteiger partial charge is 0.272 e. The molecule has 1 aliphatic heterocycles. The number of amides is 1. The van der Waals surface area contributed by atoms with Crippen LogP contribution in [0.25, 0.3) is 0 Å². The predicted molar refractivity (Wildman–Crippen MR) is 60.6 cm³/mol. The monoisotopic (exact) mass is 208 g/mol. The van der Waals surface area contributed by atoms with E-state index in [2.05, 4.69) is 10.5 Å². The quantitative estimate of drug-likeness (QED) is 0.744. The number of hydrogen-bond acceptors (Lipinski definition) is 2. The molecule has 1 saturated carbocycles. The third-order valence-corrected chi connectivity index (χ3v) is 4.05. The van der Waals surface area contributed by atoms with Crippen LogP contribution in [0, 0.1) is 11.3 Å². The van der Waals surface area contributed by atoms with Crippen LogP contribution in [-0.2, 0) is 4.79 Å². The van der Waals surface area contributed by atoms with Crippen molar-refractivity contribution in [2.45, 2.75) is 52.4 Å². The molecule has 0 spiro atoms. The van der Waals surface area contributed by atoms with Crippen molar-refractivity contribution in [3.63, 3.8) is 0 Å². The minimum absolute atomic E-state index is 0.0885. The van der Waals surface area contributed by atoms with Gasteiger partial charge in [-0.05, 0) is 26.2 Å². The molecule has 1 heterocycles. The average Bonchev–Trinajstić information content (AvgIpc) is 2.48. The summed E-state index contributed by atoms with van der Waals surface area (Å²) in [6, 6.07) is 0. The second-order valence-corrected chi connectivity index (χ2v) is 5.18. The second kappa shape index (κ2) is 3.95. The molecule has 0 aromatic rings. The maximum atomic E-state index is 11.8. The molecule has 3 heteroatoms. The van der Waals surface area contributed by atoms with Crippen molar-refractivity contribution in [1.29, 1.82) is 0 Å². The maximum Gasteiger partial charge on any atom is 0.251 e. The van der Waals surface area contributed by atoms with E-state index >= 15 is 0 Å². The topological polar surface area (TPSA) is 41.5 Å². The Kier molecular flexibility index (Phi) is 2.81. The lowest BCUT2D eigenvalue weighted by molar-refractivity contribution is -0.126. The Morgan fingerprint density at radius 2 is 2.07 bits per heavy atom. The molecule has 84 valence electrons. The molecule has 2 aliphatic rings. The molecule has 0 aromatic heterocycles. The van der Waals surface area contributed by atoms with Crippen molar-refractivity contribution < 1.29 is 4.79 Å². The highest BCUT2D eigenvalue weighted by molar-refractivity contribution is 6.10. The molecule has 1 aliphatic carbocycles. The zero-order valence-corrected chi connectivity index (χ0v) is 9.68. The van der Waals surface area contributed by atoms with Crippen molar-refractivity contribution >= 4 is 11.6 Å². The number of rotatable bonds is 2. The molecular weight excluding hydrogens is 188 g/mol. The number of nitrogens with zero attached hydrogens (tertiary/aromatic N) is 1. The van der Waals surface area contributed by atoms with E-state index in [9.17, 15) is 4.79 Å². The highest BCUT2D eigenvalue weighted by atomic mass is 16.2. The van der Waals surface area contributed by atoms with Gasteiger partial charge < -0.3 is 0 Å². The van der Waals surface area contributed by atoms with Crippen molar-refractivity contribution in [1.82, 2.24) is 5.43 Å². The third-order valence-electron chi connectivity index (χ3n) is 4.05. The molecule has 15 heavy (non-hydrogen) atoms. The summed E-state index contributed by atoms with van der Waals surface area (Å²) in [5.41, 5.74) is 3.22. The van der Waals surface area contributed by atoms with Crippen LogP contribution in [0.15, 0.2) is 5.10 Å². The molecule has 1 atom stereocenters. The molecule has 1 unspecified atom stereocenters. The van der Waals surface area contributed by atoms with Crippen LogP contribution < -0.4 is 5.43 Å². The van der Waals surface area contributed by atoms with Gasteiger partial charge in [-0.15, -0.1) is 0 Å². The first-order chi connectivity index (χ1) is 7.13. The molecule has 1 N–H and O–H groups in total. The number of carbonyl (C=O) groups excluding carboxylic acids is 1. The Hall–Kier alpha value is -0.860. The minimum Gasteiger partial charge on any atom is -0.272 e. The zero-order chi connectivity index (χ0) is 10.9. The van der Waals surface area contributed by atoms with Gasteiger partial charge in [0, 0.05) is 0 Å². The van der Waals surface area contributed by atoms with E-state index in [4.69, 9.17) is 0 Å². The molecule has 0 aromatic carbocycles. The SMILES string of the molecule is CC1=NNC(=O)C1(C)CC1CCCCC1. The van der Waals surface area contributed by atoms with Crippen molar-refractivity contribution in [2.24, 2.45) is 16.4 Å². The van der Waals surface area contributed by atoms with Gasteiger partial charge in [0.1, 0.15) is 0 Å². The molecular formula is C12H20N2O. The Balaban J connectivity index is 2.02. The van der Waals surface area contributed by atoms with Crippen molar-refractivity contribution in [3.05, 3.63) is 0 Å². The summed E-state index contributed by atoms with van der Waals surface area (Å²) >= 11 is 0. The highest BCUT2D eigenvalue weighted by Crippen LogP contribution is 2.37. The summed E-state index contributed by atoms with van der Waals surface area (Å²) in [4.78, 5) is 11.8. The fourth-order valence-corrected chi connectivity index (χ4v) is 2.75. The van der Waals surface area contributed by atoms with Crippen LogP contribution in [-0.4, -0.2) is 11.6 Å². The van der Waals surface area contributed by atoms with Gasteiger partial charge in [0.15, 0.2) is 0 Å². The number of nitrogens with one attached hydrogen (secondary N) is 1. The normalized spacial score (nSPS) is 32.7. The summed E-state index contributed by atoms with van der Waals surface area (Å²) in [5, 5.41) is 4.05. The van der Waals surface area contributed by atoms with E-state index in [1.54, 1.807) is 0 Å². The molecule has 0 bridgehead atoms. The Labute approximate surface area is 91.3 Å². The standard InChI is InChI=1S/C12H20N2O/c1-9-12(2,11(15)14-13-9)8-10-6-4-3-5-7-10/h10H,3-8H2,1-2H3,(H,14,15). The van der Waals surface area contributed by atoms with Gasteiger partial charge in [0.2, 0.25) is 0 Å². The molecule has 1 amide bonds.